The number of aliphatic hydroxyl groups excluding tert-OH is 1. The lowest BCUT2D eigenvalue weighted by Crippen LogP contribution is -2.24. The third-order valence-electron chi connectivity index (χ3n) is 5.55. The summed E-state index contributed by atoms with van der Waals surface area (Å²) in [6.07, 6.45) is -3.39. The highest BCUT2D eigenvalue weighted by Crippen LogP contribution is 2.38. The van der Waals surface area contributed by atoms with Gasteiger partial charge in [-0.05, 0) is 55.2 Å². The number of aliphatic hydroxyl groups is 1. The van der Waals surface area contributed by atoms with Crippen LogP contribution < -0.4 is 4.74 Å². The van der Waals surface area contributed by atoms with E-state index in [9.17, 15) is 18.0 Å². The van der Waals surface area contributed by atoms with Gasteiger partial charge in [0.05, 0.1) is 23.3 Å². The Morgan fingerprint density at radius 2 is 1.88 bits per heavy atom. The fourth-order valence-electron chi connectivity index (χ4n) is 3.77. The number of aliphatic imine (C=N–C) groups is 1. The molecule has 0 saturated heterocycles. The highest BCUT2D eigenvalue weighted by Gasteiger charge is 2.34. The van der Waals surface area contributed by atoms with Crippen LogP contribution in [0.1, 0.15) is 53.7 Å². The lowest BCUT2D eigenvalue weighted by molar-refractivity contribution is -0.137. The number of alkyl halides is 3. The molecule has 0 amide bonds. The molecule has 4 nitrogen and oxygen atoms in total. The van der Waals surface area contributed by atoms with Gasteiger partial charge >= 0.3 is 6.18 Å². The molecular formula is C25H28F3NO3S. The van der Waals surface area contributed by atoms with Gasteiger partial charge in [0.2, 0.25) is 0 Å². The second kappa shape index (κ2) is 10.7. The van der Waals surface area contributed by atoms with E-state index in [4.69, 9.17) is 14.8 Å². The molecule has 0 bridgehead atoms. The van der Waals surface area contributed by atoms with Crippen molar-refractivity contribution in [1.29, 1.82) is 0 Å². The van der Waals surface area contributed by atoms with Gasteiger partial charge in [0.1, 0.15) is 12.4 Å². The number of carbonyl (C=O) groups excluding carboxylic acids is 1. The van der Waals surface area contributed by atoms with E-state index < -0.39 is 11.7 Å². The number of hydrogen-bond donors (Lipinski definition) is 1. The third kappa shape index (κ3) is 6.38. The number of ether oxygens (including phenoxy) is 1. The number of halogens is 3. The number of nitrogens with zero attached hydrogens (tertiary/aromatic N) is 1. The van der Waals surface area contributed by atoms with Crippen molar-refractivity contribution in [2.45, 2.75) is 51.1 Å². The zero-order chi connectivity index (χ0) is 24.2. The van der Waals surface area contributed by atoms with Gasteiger partial charge in [-0.1, -0.05) is 26.0 Å². The number of aryl methyl sites for hydroxylation is 1. The minimum absolute atomic E-state index is 0.00362. The second-order valence-corrected chi connectivity index (χ2v) is 9.64. The van der Waals surface area contributed by atoms with Crippen molar-refractivity contribution in [3.05, 3.63) is 64.7 Å². The fourth-order valence-corrected chi connectivity index (χ4v) is 5.26. The molecule has 0 fully saturated rings. The van der Waals surface area contributed by atoms with Gasteiger partial charge in [0, 0.05) is 22.8 Å². The summed E-state index contributed by atoms with van der Waals surface area (Å²) >= 11 is 1.54. The maximum absolute atomic E-state index is 12.9. The Bertz CT molecular complexity index is 1000. The molecular weight excluding hydrogens is 451 g/mol. The van der Waals surface area contributed by atoms with Crippen LogP contribution in [0, 0.1) is 12.8 Å². The van der Waals surface area contributed by atoms with Crippen molar-refractivity contribution in [2.24, 2.45) is 10.9 Å². The van der Waals surface area contributed by atoms with Crippen molar-refractivity contribution in [1.82, 2.24) is 0 Å². The standard InChI is InChI=1S/C25H28F3NO3S/c1-15(2)23-22(33-24(29-23)17-4-7-19(8-5-17)25(26,27)28)11-9-20(31)18-6-10-21(16(3)14-18)32-13-12-30/h4-8,10,14-15,22-23,30H,9,11-13H2,1-3H3. The predicted molar refractivity (Wildman–Crippen MR) is 125 cm³/mol. The Hall–Kier alpha value is -2.32. The number of rotatable bonds is 9. The van der Waals surface area contributed by atoms with Gasteiger partial charge < -0.3 is 9.84 Å². The molecule has 1 aliphatic rings. The molecule has 0 spiro atoms. The van der Waals surface area contributed by atoms with Crippen molar-refractivity contribution in [3.63, 3.8) is 0 Å². The molecule has 2 aromatic rings. The van der Waals surface area contributed by atoms with Gasteiger partial charge in [-0.2, -0.15) is 13.2 Å². The molecule has 178 valence electrons. The Labute approximate surface area is 196 Å². The largest absolute Gasteiger partial charge is 0.491 e. The minimum Gasteiger partial charge on any atom is -0.491 e. The number of benzene rings is 2. The summed E-state index contributed by atoms with van der Waals surface area (Å²) in [5, 5.41) is 9.70. The molecule has 0 aromatic heterocycles. The quantitative estimate of drug-likeness (QED) is 0.453. The van der Waals surface area contributed by atoms with Crippen molar-refractivity contribution in [2.75, 3.05) is 13.2 Å². The molecule has 33 heavy (non-hydrogen) atoms. The van der Waals surface area contributed by atoms with Crippen LogP contribution in [0.15, 0.2) is 47.5 Å². The first-order valence-electron chi connectivity index (χ1n) is 10.9. The van der Waals surface area contributed by atoms with E-state index in [0.29, 0.717) is 29.7 Å². The van der Waals surface area contributed by atoms with Crippen LogP contribution in [-0.2, 0) is 6.18 Å². The maximum atomic E-state index is 12.9. The Morgan fingerprint density at radius 1 is 1.18 bits per heavy atom. The van der Waals surface area contributed by atoms with Crippen molar-refractivity contribution >= 4 is 22.6 Å². The van der Waals surface area contributed by atoms with Crippen LogP contribution in [0.2, 0.25) is 0 Å². The van der Waals surface area contributed by atoms with Crippen LogP contribution in [0.25, 0.3) is 0 Å². The molecule has 1 N–H and O–H groups in total. The zero-order valence-electron chi connectivity index (χ0n) is 18.9. The van der Waals surface area contributed by atoms with Crippen molar-refractivity contribution < 1.29 is 27.8 Å². The predicted octanol–water partition coefficient (Wildman–Crippen LogP) is 5.93. The van der Waals surface area contributed by atoms with Crippen LogP contribution in [0.3, 0.4) is 0 Å². The van der Waals surface area contributed by atoms with E-state index in [2.05, 4.69) is 13.8 Å². The van der Waals surface area contributed by atoms with E-state index in [1.807, 2.05) is 6.92 Å². The van der Waals surface area contributed by atoms with Crippen LogP contribution in [0.5, 0.6) is 5.75 Å². The molecule has 1 heterocycles. The molecule has 2 atom stereocenters. The van der Waals surface area contributed by atoms with Crippen molar-refractivity contribution in [3.8, 4) is 5.75 Å². The number of thioether (sulfide) groups is 1. The van der Waals surface area contributed by atoms with Crippen LogP contribution in [-0.4, -0.2) is 40.4 Å². The summed E-state index contributed by atoms with van der Waals surface area (Å²) in [5.41, 5.74) is 1.43. The summed E-state index contributed by atoms with van der Waals surface area (Å²) in [6, 6.07) is 10.3. The summed E-state index contributed by atoms with van der Waals surface area (Å²) in [7, 11) is 0. The maximum Gasteiger partial charge on any atom is 0.416 e. The zero-order valence-corrected chi connectivity index (χ0v) is 19.7. The molecule has 0 radical (unpaired) electrons. The molecule has 2 aromatic carbocycles. The van der Waals surface area contributed by atoms with E-state index >= 15 is 0 Å². The first kappa shape index (κ1) is 25.3. The Kier molecular flexibility index (Phi) is 8.23. The van der Waals surface area contributed by atoms with Gasteiger partial charge in [0.25, 0.3) is 0 Å². The smallest absolute Gasteiger partial charge is 0.416 e. The monoisotopic (exact) mass is 479 g/mol. The van der Waals surface area contributed by atoms with Gasteiger partial charge in [0.15, 0.2) is 5.78 Å². The molecule has 2 unspecified atom stereocenters. The highest BCUT2D eigenvalue weighted by atomic mass is 32.2. The van der Waals surface area contributed by atoms with Crippen LogP contribution >= 0.6 is 11.8 Å². The number of Topliss-reactive ketones (excluding diaryl/α,β-unsaturated/α-hetero) is 1. The average molecular weight is 480 g/mol. The average Bonchev–Trinajstić information content (AvgIpc) is 3.21. The molecule has 0 saturated carbocycles. The second-order valence-electron chi connectivity index (χ2n) is 8.41. The lowest BCUT2D eigenvalue weighted by Gasteiger charge is -2.20. The minimum atomic E-state index is -4.37. The van der Waals surface area contributed by atoms with Crippen LogP contribution in [0.4, 0.5) is 13.2 Å². The Morgan fingerprint density at radius 3 is 2.45 bits per heavy atom. The van der Waals surface area contributed by atoms with Gasteiger partial charge in [-0.3, -0.25) is 9.79 Å². The summed E-state index contributed by atoms with van der Waals surface area (Å²) in [5.74, 6) is 0.911. The van der Waals surface area contributed by atoms with E-state index in [1.165, 1.54) is 23.9 Å². The SMILES string of the molecule is Cc1cc(C(=O)CCC2SC(c3ccc(C(F)(F)F)cc3)=NC2C(C)C)ccc1OCCO. The topological polar surface area (TPSA) is 58.9 Å². The van der Waals surface area contributed by atoms with Gasteiger partial charge in [-0.15, -0.1) is 11.8 Å². The normalized spacial score (nSPS) is 18.5. The summed E-state index contributed by atoms with van der Waals surface area (Å²) in [6.45, 7) is 6.11. The summed E-state index contributed by atoms with van der Waals surface area (Å²) in [4.78, 5) is 17.6. The summed E-state index contributed by atoms with van der Waals surface area (Å²) < 4.78 is 44.0. The molecule has 8 heteroatoms. The van der Waals surface area contributed by atoms with E-state index in [1.54, 1.807) is 18.2 Å². The first-order chi connectivity index (χ1) is 15.6. The lowest BCUT2D eigenvalue weighted by atomic mass is 9.96. The van der Waals surface area contributed by atoms with E-state index in [-0.39, 0.29) is 36.2 Å². The molecule has 1 aliphatic heterocycles. The molecule has 3 rings (SSSR count). The first-order valence-corrected chi connectivity index (χ1v) is 11.8. The third-order valence-corrected chi connectivity index (χ3v) is 6.94. The Balaban J connectivity index is 1.65. The number of carbonyl (C=O) groups is 1. The number of hydrogen-bond acceptors (Lipinski definition) is 5. The van der Waals surface area contributed by atoms with E-state index in [0.717, 1.165) is 22.7 Å². The highest BCUT2D eigenvalue weighted by molar-refractivity contribution is 8.15. The van der Waals surface area contributed by atoms with Gasteiger partial charge in [-0.25, -0.2) is 0 Å². The molecule has 0 aliphatic carbocycles. The number of ketones is 1. The fraction of sp³-hybridized carbons (Fsp3) is 0.440.